The number of amides is 1. The lowest BCUT2D eigenvalue weighted by Gasteiger charge is -2.30. The highest BCUT2D eigenvalue weighted by molar-refractivity contribution is 6.51. The summed E-state index contributed by atoms with van der Waals surface area (Å²) < 4.78 is 5.92. The summed E-state index contributed by atoms with van der Waals surface area (Å²) in [4.78, 5) is 26.2. The van der Waals surface area contributed by atoms with Crippen molar-refractivity contribution in [1.82, 2.24) is 4.90 Å². The summed E-state index contributed by atoms with van der Waals surface area (Å²) in [6.45, 7) is 4.24. The van der Waals surface area contributed by atoms with Crippen LogP contribution in [0.4, 0.5) is 0 Å². The average Bonchev–Trinajstić information content (AvgIpc) is 2.94. The predicted octanol–water partition coefficient (Wildman–Crippen LogP) is 3.80. The van der Waals surface area contributed by atoms with Crippen LogP contribution < -0.4 is 4.74 Å². The summed E-state index contributed by atoms with van der Waals surface area (Å²) >= 11 is 12.2. The number of aromatic hydroxyl groups is 1. The van der Waals surface area contributed by atoms with Gasteiger partial charge in [0, 0.05) is 12.6 Å². The third-order valence-electron chi connectivity index (χ3n) is 4.70. The number of phenols is 1. The summed E-state index contributed by atoms with van der Waals surface area (Å²) in [6, 6.07) is 2.96. The quantitative estimate of drug-likeness (QED) is 0.858. The number of carbonyl (C=O) groups is 2. The van der Waals surface area contributed by atoms with E-state index in [-0.39, 0.29) is 21.6 Å². The number of ketones is 1. The molecular weight excluding hydrogens is 365 g/mol. The number of rotatable bonds is 4. The first-order chi connectivity index (χ1) is 11.7. The van der Waals surface area contributed by atoms with Crippen LogP contribution in [0.3, 0.4) is 0 Å². The van der Waals surface area contributed by atoms with Crippen molar-refractivity contribution in [3.63, 3.8) is 0 Å². The van der Waals surface area contributed by atoms with Crippen LogP contribution in [-0.4, -0.2) is 34.5 Å². The van der Waals surface area contributed by atoms with Gasteiger partial charge in [0.25, 0.3) is 11.6 Å². The number of likely N-dealkylation sites (N-methyl/N-ethyl adjacent to an activating group) is 1. The molecule has 0 saturated heterocycles. The van der Waals surface area contributed by atoms with Crippen LogP contribution in [-0.2, 0) is 11.2 Å². The Labute approximate surface area is 156 Å². The lowest BCUT2D eigenvalue weighted by atomic mass is 9.97. The summed E-state index contributed by atoms with van der Waals surface area (Å²) in [7, 11) is 1.42. The van der Waals surface area contributed by atoms with E-state index in [0.717, 1.165) is 17.7 Å². The molecule has 0 fully saturated rings. The first-order valence-corrected chi connectivity index (χ1v) is 8.90. The van der Waals surface area contributed by atoms with Crippen LogP contribution in [0.2, 0.25) is 0 Å². The van der Waals surface area contributed by atoms with E-state index < -0.39 is 17.4 Å². The fourth-order valence-electron chi connectivity index (χ4n) is 3.26. The predicted molar refractivity (Wildman–Crippen MR) is 95.1 cm³/mol. The molecule has 25 heavy (non-hydrogen) atoms. The van der Waals surface area contributed by atoms with Gasteiger partial charge in [-0.15, -0.1) is 0 Å². The Balaban J connectivity index is 2.04. The molecule has 7 heteroatoms. The second-order valence-electron chi connectivity index (χ2n) is 6.79. The molecule has 134 valence electrons. The highest BCUT2D eigenvalue weighted by atomic mass is 35.5. The number of fused-ring (bicyclic) bond motifs is 1. The van der Waals surface area contributed by atoms with Gasteiger partial charge in [0.15, 0.2) is 0 Å². The maximum absolute atomic E-state index is 13.0. The Bertz CT molecular complexity index is 803. The number of hydrogen-bond acceptors (Lipinski definition) is 4. The zero-order valence-electron chi connectivity index (χ0n) is 14.2. The van der Waals surface area contributed by atoms with Crippen molar-refractivity contribution in [3.05, 3.63) is 33.3 Å². The van der Waals surface area contributed by atoms with Gasteiger partial charge >= 0.3 is 0 Å². The molecule has 1 N–H and O–H groups in total. The minimum absolute atomic E-state index is 0.0607. The molecule has 2 heterocycles. The third kappa shape index (κ3) is 2.52. The molecule has 0 radical (unpaired) electrons. The van der Waals surface area contributed by atoms with Crippen LogP contribution in [0.1, 0.15) is 42.6 Å². The van der Waals surface area contributed by atoms with Gasteiger partial charge in [0.1, 0.15) is 21.6 Å². The van der Waals surface area contributed by atoms with Gasteiger partial charge in [-0.1, -0.05) is 43.5 Å². The zero-order valence-corrected chi connectivity index (χ0v) is 15.7. The lowest BCUT2D eigenvalue weighted by Crippen LogP contribution is -2.53. The van der Waals surface area contributed by atoms with Crippen molar-refractivity contribution >= 4 is 34.9 Å². The lowest BCUT2D eigenvalue weighted by molar-refractivity contribution is -0.131. The summed E-state index contributed by atoms with van der Waals surface area (Å²) in [5.74, 6) is -0.159. The van der Waals surface area contributed by atoms with Crippen molar-refractivity contribution in [2.75, 3.05) is 7.05 Å². The van der Waals surface area contributed by atoms with E-state index in [4.69, 9.17) is 27.9 Å². The topological polar surface area (TPSA) is 66.8 Å². The first-order valence-electron chi connectivity index (χ1n) is 8.14. The number of carbonyl (C=O) groups excluding carboxylic acids is 2. The third-order valence-corrected chi connectivity index (χ3v) is 5.59. The van der Waals surface area contributed by atoms with E-state index in [1.165, 1.54) is 19.2 Å². The van der Waals surface area contributed by atoms with Gasteiger partial charge in [0.05, 0.1) is 5.56 Å². The van der Waals surface area contributed by atoms with E-state index in [1.54, 1.807) is 0 Å². The van der Waals surface area contributed by atoms with Crippen LogP contribution in [0.25, 0.3) is 0 Å². The number of halogens is 2. The molecule has 1 spiro atoms. The molecule has 0 saturated carbocycles. The monoisotopic (exact) mass is 383 g/mol. The molecule has 0 aromatic heterocycles. The van der Waals surface area contributed by atoms with Crippen LogP contribution >= 0.6 is 23.2 Å². The van der Waals surface area contributed by atoms with Gasteiger partial charge in [-0.25, -0.2) is 0 Å². The minimum atomic E-state index is -1.77. The van der Waals surface area contributed by atoms with E-state index in [0.29, 0.717) is 23.5 Å². The molecule has 0 bridgehead atoms. The average molecular weight is 384 g/mol. The van der Waals surface area contributed by atoms with Gasteiger partial charge in [-0.05, 0) is 30.9 Å². The zero-order chi connectivity index (χ0) is 18.5. The summed E-state index contributed by atoms with van der Waals surface area (Å²) in [5, 5.41) is 9.88. The fraction of sp³-hybridized carbons (Fsp3) is 0.444. The van der Waals surface area contributed by atoms with Crippen molar-refractivity contribution < 1.29 is 19.4 Å². The largest absolute Gasteiger partial charge is 0.508 e. The van der Waals surface area contributed by atoms with Crippen molar-refractivity contribution in [2.45, 2.75) is 38.8 Å². The standard InChI is InChI=1S/C18H19Cl2NO4/c1-9(2)5-4-6-10-12(22)8-7-11-14(10)25-18(16(11)23)15(20)13(19)17(24)21(18)3/h7-9,22H,4-6H2,1-3H3. The number of phenolic OH excluding ortho intramolecular Hbond substituents is 1. The Morgan fingerprint density at radius 1 is 1.28 bits per heavy atom. The molecule has 1 aromatic carbocycles. The molecule has 0 aliphatic carbocycles. The number of hydrogen-bond donors (Lipinski definition) is 1. The molecule has 1 unspecified atom stereocenters. The van der Waals surface area contributed by atoms with Crippen molar-refractivity contribution in [2.24, 2.45) is 5.92 Å². The molecule has 3 rings (SSSR count). The van der Waals surface area contributed by atoms with Crippen molar-refractivity contribution in [1.29, 1.82) is 0 Å². The number of ether oxygens (including phenoxy) is 1. The fourth-order valence-corrected chi connectivity index (χ4v) is 3.85. The second-order valence-corrected chi connectivity index (χ2v) is 7.55. The van der Waals surface area contributed by atoms with Crippen LogP contribution in [0.15, 0.2) is 22.2 Å². The first kappa shape index (κ1) is 18.1. The highest BCUT2D eigenvalue weighted by Crippen LogP contribution is 2.50. The maximum Gasteiger partial charge on any atom is 0.287 e. The second kappa shape index (κ2) is 6.22. The molecule has 1 atom stereocenters. The van der Waals surface area contributed by atoms with Gasteiger partial charge in [-0.2, -0.15) is 0 Å². The van der Waals surface area contributed by atoms with Gasteiger partial charge in [-0.3, -0.25) is 14.5 Å². The Morgan fingerprint density at radius 3 is 2.52 bits per heavy atom. The summed E-state index contributed by atoms with van der Waals surface area (Å²) in [6.07, 6.45) is 2.38. The Hall–Kier alpha value is -1.72. The minimum Gasteiger partial charge on any atom is -0.508 e. The van der Waals surface area contributed by atoms with Gasteiger partial charge < -0.3 is 9.84 Å². The van der Waals surface area contributed by atoms with E-state index in [9.17, 15) is 14.7 Å². The Morgan fingerprint density at radius 2 is 1.96 bits per heavy atom. The number of Topliss-reactive ketones (excluding diaryl/α,β-unsaturated/α-hetero) is 1. The van der Waals surface area contributed by atoms with E-state index in [2.05, 4.69) is 13.8 Å². The van der Waals surface area contributed by atoms with Crippen LogP contribution in [0, 0.1) is 5.92 Å². The highest BCUT2D eigenvalue weighted by Gasteiger charge is 2.61. The van der Waals surface area contributed by atoms with Crippen molar-refractivity contribution in [3.8, 4) is 11.5 Å². The molecule has 1 aromatic rings. The van der Waals surface area contributed by atoms with E-state index in [1.807, 2.05) is 0 Å². The van der Waals surface area contributed by atoms with E-state index >= 15 is 0 Å². The van der Waals surface area contributed by atoms with Crippen LogP contribution in [0.5, 0.6) is 11.5 Å². The summed E-state index contributed by atoms with van der Waals surface area (Å²) in [5.41, 5.74) is -0.920. The molecular formula is C18H19Cl2NO4. The smallest absolute Gasteiger partial charge is 0.287 e. The molecule has 2 aliphatic rings. The molecule has 5 nitrogen and oxygen atoms in total. The number of nitrogens with zero attached hydrogens (tertiary/aromatic N) is 1. The molecule has 2 aliphatic heterocycles. The molecule has 1 amide bonds. The maximum atomic E-state index is 13.0. The SMILES string of the molecule is CC(C)CCCc1c(O)ccc2c1OC1(C2=O)C(Cl)=C(Cl)C(=O)N1C. The Kier molecular flexibility index (Phi) is 4.50. The normalized spacial score (nSPS) is 22.4. The van der Waals surface area contributed by atoms with Gasteiger partial charge in [0.2, 0.25) is 5.78 Å². The number of benzene rings is 1.